The van der Waals surface area contributed by atoms with E-state index in [-0.39, 0.29) is 11.4 Å². The molecule has 6 nitrogen and oxygen atoms in total. The minimum Gasteiger partial charge on any atom is -0.497 e. The van der Waals surface area contributed by atoms with Crippen molar-refractivity contribution in [3.63, 3.8) is 0 Å². The van der Waals surface area contributed by atoms with Crippen LogP contribution in [-0.4, -0.2) is 20.7 Å². The molecule has 0 amide bonds. The van der Waals surface area contributed by atoms with Gasteiger partial charge < -0.3 is 9.26 Å². The average molecular weight is 386 g/mol. The van der Waals surface area contributed by atoms with Gasteiger partial charge in [-0.15, -0.1) is 0 Å². The summed E-state index contributed by atoms with van der Waals surface area (Å²) in [5.41, 5.74) is 3.01. The van der Waals surface area contributed by atoms with Crippen molar-refractivity contribution in [1.82, 2.24) is 9.88 Å². The molecule has 0 saturated carbocycles. The number of hydrogen-bond donors (Lipinski definition) is 1. The minimum atomic E-state index is -3.68. The van der Waals surface area contributed by atoms with Crippen molar-refractivity contribution in [2.45, 2.75) is 31.7 Å². The molecule has 0 saturated heterocycles. The van der Waals surface area contributed by atoms with Gasteiger partial charge in [-0.05, 0) is 42.7 Å². The predicted molar refractivity (Wildman–Crippen MR) is 103 cm³/mol. The second-order valence-electron chi connectivity index (χ2n) is 6.18. The Morgan fingerprint density at radius 2 is 1.85 bits per heavy atom. The Balaban J connectivity index is 1.87. The molecule has 0 unspecified atom stereocenters. The van der Waals surface area contributed by atoms with Gasteiger partial charge in [0, 0.05) is 18.2 Å². The van der Waals surface area contributed by atoms with Crippen molar-refractivity contribution < 1.29 is 17.7 Å². The van der Waals surface area contributed by atoms with Gasteiger partial charge in [0.25, 0.3) is 0 Å². The zero-order chi connectivity index (χ0) is 19.4. The highest BCUT2D eigenvalue weighted by molar-refractivity contribution is 7.89. The van der Waals surface area contributed by atoms with Crippen LogP contribution in [0.2, 0.25) is 0 Å². The Labute approximate surface area is 159 Å². The Bertz CT molecular complexity index is 1020. The fourth-order valence-electron chi connectivity index (χ4n) is 2.75. The number of aryl methyl sites for hydroxylation is 2. The first-order chi connectivity index (χ1) is 12.9. The number of ether oxygens (including phenoxy) is 1. The van der Waals surface area contributed by atoms with Crippen LogP contribution in [0, 0.1) is 6.92 Å². The summed E-state index contributed by atoms with van der Waals surface area (Å²) < 4.78 is 38.9. The number of benzene rings is 2. The van der Waals surface area contributed by atoms with Crippen molar-refractivity contribution in [3.05, 3.63) is 65.4 Å². The third-order valence-electron chi connectivity index (χ3n) is 4.28. The van der Waals surface area contributed by atoms with E-state index in [1.807, 2.05) is 38.1 Å². The molecular weight excluding hydrogens is 364 g/mol. The van der Waals surface area contributed by atoms with Gasteiger partial charge in [0.2, 0.25) is 10.0 Å². The van der Waals surface area contributed by atoms with Gasteiger partial charge in [0.05, 0.1) is 17.7 Å². The number of rotatable bonds is 7. The Morgan fingerprint density at radius 3 is 2.44 bits per heavy atom. The van der Waals surface area contributed by atoms with Crippen LogP contribution < -0.4 is 9.46 Å². The maximum Gasteiger partial charge on any atom is 0.241 e. The summed E-state index contributed by atoms with van der Waals surface area (Å²) in [6.07, 6.45) is 0.606. The lowest BCUT2D eigenvalue weighted by Crippen LogP contribution is -2.24. The monoisotopic (exact) mass is 386 g/mol. The number of aromatic nitrogens is 1. The minimum absolute atomic E-state index is 0.196. The van der Waals surface area contributed by atoms with E-state index in [2.05, 4.69) is 9.88 Å². The lowest BCUT2D eigenvalue weighted by atomic mass is 10.1. The van der Waals surface area contributed by atoms with Crippen LogP contribution in [0.4, 0.5) is 0 Å². The summed E-state index contributed by atoms with van der Waals surface area (Å²) in [6.45, 7) is 3.94. The first kappa shape index (κ1) is 19.1. The summed E-state index contributed by atoms with van der Waals surface area (Å²) >= 11 is 0. The molecule has 0 aliphatic heterocycles. The molecule has 0 fully saturated rings. The van der Waals surface area contributed by atoms with E-state index in [9.17, 15) is 8.42 Å². The van der Waals surface area contributed by atoms with Crippen LogP contribution in [0.1, 0.15) is 23.7 Å². The third kappa shape index (κ3) is 4.37. The molecule has 142 valence electrons. The molecule has 0 atom stereocenters. The molecule has 1 aromatic heterocycles. The molecule has 7 heteroatoms. The van der Waals surface area contributed by atoms with Crippen molar-refractivity contribution in [2.75, 3.05) is 7.11 Å². The summed E-state index contributed by atoms with van der Waals surface area (Å²) in [6, 6.07) is 14.3. The molecule has 0 radical (unpaired) electrons. The molecule has 0 aliphatic rings. The third-order valence-corrected chi connectivity index (χ3v) is 5.76. The predicted octanol–water partition coefficient (Wildman–Crippen LogP) is 3.70. The summed E-state index contributed by atoms with van der Waals surface area (Å²) in [5.74, 6) is 1.27. The Kier molecular flexibility index (Phi) is 5.62. The maximum absolute atomic E-state index is 12.9. The largest absolute Gasteiger partial charge is 0.497 e. The van der Waals surface area contributed by atoms with Crippen LogP contribution in [0.15, 0.2) is 57.9 Å². The van der Waals surface area contributed by atoms with Crippen LogP contribution in [0.5, 0.6) is 5.75 Å². The summed E-state index contributed by atoms with van der Waals surface area (Å²) in [5, 5.41) is 3.87. The van der Waals surface area contributed by atoms with Crippen molar-refractivity contribution in [3.8, 4) is 17.1 Å². The number of sulfonamides is 1. The Morgan fingerprint density at radius 1 is 1.11 bits per heavy atom. The van der Waals surface area contributed by atoms with Crippen molar-refractivity contribution in [2.24, 2.45) is 0 Å². The standard InChI is InChI=1S/C20H22N2O4S/c1-4-16-7-8-17(19-11-14(2)22-26-19)12-20(16)27(23,24)21-13-15-5-9-18(25-3)10-6-15/h5-12,21H,4,13H2,1-3H3. The van der Waals surface area contributed by atoms with E-state index in [4.69, 9.17) is 9.26 Å². The topological polar surface area (TPSA) is 81.4 Å². The molecule has 1 N–H and O–H groups in total. The van der Waals surface area contributed by atoms with Gasteiger partial charge in [-0.2, -0.15) is 0 Å². The fourth-order valence-corrected chi connectivity index (χ4v) is 4.10. The highest BCUT2D eigenvalue weighted by atomic mass is 32.2. The second-order valence-corrected chi connectivity index (χ2v) is 7.92. The van der Waals surface area contributed by atoms with Gasteiger partial charge in [0.15, 0.2) is 5.76 Å². The second kappa shape index (κ2) is 7.94. The molecule has 1 heterocycles. The summed E-state index contributed by atoms with van der Waals surface area (Å²) in [4.78, 5) is 0.255. The summed E-state index contributed by atoms with van der Waals surface area (Å²) in [7, 11) is -2.09. The van der Waals surface area contributed by atoms with E-state index in [1.54, 1.807) is 31.4 Å². The molecular formula is C20H22N2O4S. The van der Waals surface area contributed by atoms with Crippen LogP contribution in [0.3, 0.4) is 0 Å². The van der Waals surface area contributed by atoms with Gasteiger partial charge in [-0.1, -0.05) is 36.3 Å². The number of nitrogens with one attached hydrogen (secondary N) is 1. The Hall–Kier alpha value is -2.64. The zero-order valence-electron chi connectivity index (χ0n) is 15.5. The van der Waals surface area contributed by atoms with E-state index >= 15 is 0 Å². The van der Waals surface area contributed by atoms with E-state index in [1.165, 1.54) is 0 Å². The molecule has 27 heavy (non-hydrogen) atoms. The molecule has 3 rings (SSSR count). The van der Waals surface area contributed by atoms with Gasteiger partial charge in [-0.25, -0.2) is 13.1 Å². The number of nitrogens with zero attached hydrogens (tertiary/aromatic N) is 1. The van der Waals surface area contributed by atoms with Crippen LogP contribution in [-0.2, 0) is 23.0 Å². The van der Waals surface area contributed by atoms with Crippen LogP contribution in [0.25, 0.3) is 11.3 Å². The lowest BCUT2D eigenvalue weighted by Gasteiger charge is -2.12. The van der Waals surface area contributed by atoms with Gasteiger partial charge in [0.1, 0.15) is 5.75 Å². The number of hydrogen-bond acceptors (Lipinski definition) is 5. The van der Waals surface area contributed by atoms with E-state index in [0.717, 1.165) is 22.6 Å². The molecule has 0 spiro atoms. The first-order valence-corrected chi connectivity index (χ1v) is 10.1. The smallest absolute Gasteiger partial charge is 0.241 e. The zero-order valence-corrected chi connectivity index (χ0v) is 16.3. The van der Waals surface area contributed by atoms with E-state index < -0.39 is 10.0 Å². The highest BCUT2D eigenvalue weighted by Gasteiger charge is 2.19. The van der Waals surface area contributed by atoms with Crippen molar-refractivity contribution >= 4 is 10.0 Å². The van der Waals surface area contributed by atoms with Gasteiger partial charge >= 0.3 is 0 Å². The van der Waals surface area contributed by atoms with Gasteiger partial charge in [-0.3, -0.25) is 0 Å². The quantitative estimate of drug-likeness (QED) is 0.670. The maximum atomic E-state index is 12.9. The molecule has 0 aliphatic carbocycles. The average Bonchev–Trinajstić information content (AvgIpc) is 3.12. The molecule has 3 aromatic rings. The first-order valence-electron chi connectivity index (χ1n) is 8.62. The SMILES string of the molecule is CCc1ccc(-c2cc(C)no2)cc1S(=O)(=O)NCc1ccc(OC)cc1. The normalized spacial score (nSPS) is 11.5. The van der Waals surface area contributed by atoms with E-state index in [0.29, 0.717) is 17.7 Å². The highest BCUT2D eigenvalue weighted by Crippen LogP contribution is 2.26. The fraction of sp³-hybridized carbons (Fsp3) is 0.250. The molecule has 0 bridgehead atoms. The number of methoxy groups -OCH3 is 1. The van der Waals surface area contributed by atoms with Crippen molar-refractivity contribution in [1.29, 1.82) is 0 Å². The molecule has 2 aromatic carbocycles. The van der Waals surface area contributed by atoms with Crippen LogP contribution >= 0.6 is 0 Å². The lowest BCUT2D eigenvalue weighted by molar-refractivity contribution is 0.414.